The number of hydrogen-bond acceptors (Lipinski definition) is 4. The molecule has 1 atom stereocenters. The van der Waals surface area contributed by atoms with Gasteiger partial charge in [-0.15, -0.1) is 0 Å². The highest BCUT2D eigenvalue weighted by molar-refractivity contribution is 6.00. The molecule has 1 unspecified atom stereocenters. The number of unbranched alkanes of at least 4 members (excludes halogenated alkanes) is 4. The molecule has 3 aromatic carbocycles. The van der Waals surface area contributed by atoms with Gasteiger partial charge >= 0.3 is 6.09 Å². The number of rotatable bonds is 13. The highest BCUT2D eigenvalue weighted by Gasteiger charge is 2.32. The first kappa shape index (κ1) is 31.4. The number of nitrogens with zero attached hydrogens (tertiary/aromatic N) is 1. The molecule has 0 heterocycles. The van der Waals surface area contributed by atoms with Crippen LogP contribution in [0.15, 0.2) is 73.3 Å². The van der Waals surface area contributed by atoms with Gasteiger partial charge in [0.1, 0.15) is 18.2 Å². The maximum atomic E-state index is 14.0. The molecule has 3 rings (SSSR count). The smallest absolute Gasteiger partial charge is 0.408 e. The molecule has 0 aliphatic carbocycles. The number of fused-ring (bicyclic) bond motifs is 1. The van der Waals surface area contributed by atoms with Crippen LogP contribution in [0.4, 0.5) is 10.5 Å². The highest BCUT2D eigenvalue weighted by Crippen LogP contribution is 2.27. The molecule has 7 heteroatoms. The van der Waals surface area contributed by atoms with Crippen molar-refractivity contribution in [3.63, 3.8) is 0 Å². The van der Waals surface area contributed by atoms with E-state index in [0.717, 1.165) is 48.4 Å². The summed E-state index contributed by atoms with van der Waals surface area (Å²) < 4.78 is 5.32. The van der Waals surface area contributed by atoms with Gasteiger partial charge in [-0.1, -0.05) is 93.8 Å². The van der Waals surface area contributed by atoms with Gasteiger partial charge in [0.25, 0.3) is 5.91 Å². The lowest BCUT2D eigenvalue weighted by molar-refractivity contribution is -0.138. The van der Waals surface area contributed by atoms with Gasteiger partial charge in [-0.3, -0.25) is 9.59 Å². The van der Waals surface area contributed by atoms with E-state index in [2.05, 4.69) is 24.1 Å². The molecule has 7 nitrogen and oxygen atoms in total. The SMILES string of the molecule is C=Cc1cccc(C(C(=O)Nc2ccc3ccccc3c2)N(CCCCCCC)C(=O)CNC(=O)OC(C)(C)C)c1. The zero-order chi connectivity index (χ0) is 29.8. The average molecular weight is 558 g/mol. The van der Waals surface area contributed by atoms with Crippen molar-refractivity contribution in [2.45, 2.75) is 71.4 Å². The molecule has 2 N–H and O–H groups in total. The van der Waals surface area contributed by atoms with Gasteiger partial charge in [-0.05, 0) is 67.3 Å². The molecule has 0 aliphatic heterocycles. The Bertz CT molecular complexity index is 1350. The summed E-state index contributed by atoms with van der Waals surface area (Å²) in [4.78, 5) is 41.6. The molecule has 0 spiro atoms. The monoisotopic (exact) mass is 557 g/mol. The van der Waals surface area contributed by atoms with Gasteiger partial charge in [-0.25, -0.2) is 4.79 Å². The summed E-state index contributed by atoms with van der Waals surface area (Å²) in [6, 6.07) is 20.2. The lowest BCUT2D eigenvalue weighted by Crippen LogP contribution is -2.47. The first-order valence-electron chi connectivity index (χ1n) is 14.4. The standard InChI is InChI=1S/C34H43N3O4/c1-6-8-9-10-13-21-37(30(38)24-35-33(40)41-34(3,4)5)31(28-18-14-15-25(7-2)22-28)32(39)36-29-20-19-26-16-11-12-17-27(26)23-29/h7,11-12,14-20,22-23,31H,2,6,8-10,13,21,24H2,1,3-5H3,(H,35,40)(H,36,39). The quantitative estimate of drug-likeness (QED) is 0.213. The number of nitrogens with one attached hydrogen (secondary N) is 2. The first-order chi connectivity index (χ1) is 19.6. The molecule has 3 amide bonds. The van der Waals surface area contributed by atoms with Crippen molar-refractivity contribution in [1.82, 2.24) is 10.2 Å². The molecule has 0 saturated heterocycles. The second-order valence-corrected chi connectivity index (χ2v) is 11.2. The third-order valence-electron chi connectivity index (χ3n) is 6.64. The largest absolute Gasteiger partial charge is 0.444 e. The minimum atomic E-state index is -0.916. The van der Waals surface area contributed by atoms with Crippen molar-refractivity contribution in [1.29, 1.82) is 0 Å². The topological polar surface area (TPSA) is 87.7 Å². The van der Waals surface area contributed by atoms with Crippen molar-refractivity contribution in [2.75, 3.05) is 18.4 Å². The number of alkyl carbamates (subject to hydrolysis) is 1. The molecular weight excluding hydrogens is 514 g/mol. The van der Waals surface area contributed by atoms with Gasteiger partial charge in [-0.2, -0.15) is 0 Å². The fourth-order valence-electron chi connectivity index (χ4n) is 4.65. The van der Waals surface area contributed by atoms with Gasteiger partial charge in [0.15, 0.2) is 0 Å². The lowest BCUT2D eigenvalue weighted by Gasteiger charge is -2.32. The number of carbonyl (C=O) groups excluding carboxylic acids is 3. The van der Waals surface area contributed by atoms with Crippen LogP contribution in [0.1, 0.15) is 77.0 Å². The number of benzene rings is 3. The van der Waals surface area contributed by atoms with Crippen LogP contribution in [-0.2, 0) is 14.3 Å². The van der Waals surface area contributed by atoms with E-state index in [9.17, 15) is 14.4 Å². The van der Waals surface area contributed by atoms with E-state index in [1.807, 2.05) is 66.7 Å². The van der Waals surface area contributed by atoms with Crippen molar-refractivity contribution >= 4 is 40.4 Å². The second kappa shape index (κ2) is 15.0. The molecule has 0 radical (unpaired) electrons. The van der Waals surface area contributed by atoms with Crippen molar-refractivity contribution < 1.29 is 19.1 Å². The van der Waals surface area contributed by atoms with E-state index in [1.54, 1.807) is 31.7 Å². The fourth-order valence-corrected chi connectivity index (χ4v) is 4.65. The Morgan fingerprint density at radius 2 is 1.66 bits per heavy atom. The summed E-state index contributed by atoms with van der Waals surface area (Å²) in [5, 5.41) is 7.68. The maximum Gasteiger partial charge on any atom is 0.408 e. The van der Waals surface area contributed by atoms with Crippen molar-refractivity contribution in [3.8, 4) is 0 Å². The zero-order valence-electron chi connectivity index (χ0n) is 24.7. The Morgan fingerprint density at radius 3 is 2.37 bits per heavy atom. The minimum Gasteiger partial charge on any atom is -0.444 e. The maximum absolute atomic E-state index is 14.0. The molecule has 0 aliphatic rings. The summed E-state index contributed by atoms with van der Waals surface area (Å²) in [5.41, 5.74) is 1.45. The van der Waals surface area contributed by atoms with Crippen LogP contribution in [0.2, 0.25) is 0 Å². The molecule has 0 aromatic heterocycles. The summed E-state index contributed by atoms with van der Waals surface area (Å²) in [5.74, 6) is -0.699. The number of anilines is 1. The minimum absolute atomic E-state index is 0.287. The number of ether oxygens (including phenoxy) is 1. The van der Waals surface area contributed by atoms with Crippen LogP contribution in [0, 0.1) is 0 Å². The van der Waals surface area contributed by atoms with Crippen molar-refractivity contribution in [3.05, 3.63) is 84.4 Å². The normalized spacial score (nSPS) is 11.9. The first-order valence-corrected chi connectivity index (χ1v) is 14.4. The third-order valence-corrected chi connectivity index (χ3v) is 6.64. The highest BCUT2D eigenvalue weighted by atomic mass is 16.6. The van der Waals surface area contributed by atoms with E-state index in [1.165, 1.54) is 0 Å². The van der Waals surface area contributed by atoms with Crippen molar-refractivity contribution in [2.24, 2.45) is 0 Å². The fraction of sp³-hybridized carbons (Fsp3) is 0.382. The van der Waals surface area contributed by atoms with Crippen LogP contribution in [-0.4, -0.2) is 41.5 Å². The molecule has 3 aromatic rings. The van der Waals surface area contributed by atoms with E-state index < -0.39 is 17.7 Å². The molecule has 0 fully saturated rings. The van der Waals surface area contributed by atoms with E-state index >= 15 is 0 Å². The van der Waals surface area contributed by atoms with Crippen LogP contribution in [0.25, 0.3) is 16.8 Å². The van der Waals surface area contributed by atoms with Gasteiger partial charge in [0.05, 0.1) is 0 Å². The second-order valence-electron chi connectivity index (χ2n) is 11.2. The number of amides is 3. The predicted octanol–water partition coefficient (Wildman–Crippen LogP) is 7.49. The summed E-state index contributed by atoms with van der Waals surface area (Å²) in [6.07, 6.45) is 5.97. The summed E-state index contributed by atoms with van der Waals surface area (Å²) in [7, 11) is 0. The molecule has 0 saturated carbocycles. The van der Waals surface area contributed by atoms with Crippen LogP contribution < -0.4 is 10.6 Å². The van der Waals surface area contributed by atoms with Crippen LogP contribution in [0.3, 0.4) is 0 Å². The summed E-state index contributed by atoms with van der Waals surface area (Å²) in [6.45, 7) is 11.4. The zero-order valence-corrected chi connectivity index (χ0v) is 24.7. The molecular formula is C34H43N3O4. The molecule has 218 valence electrons. The van der Waals surface area contributed by atoms with Gasteiger partial charge < -0.3 is 20.3 Å². The van der Waals surface area contributed by atoms with Crippen LogP contribution in [0.5, 0.6) is 0 Å². The Morgan fingerprint density at radius 1 is 0.927 bits per heavy atom. The Kier molecular flexibility index (Phi) is 11.5. The lowest BCUT2D eigenvalue weighted by atomic mass is 10.00. The molecule has 0 bridgehead atoms. The number of carbonyl (C=O) groups is 3. The van der Waals surface area contributed by atoms with Gasteiger partial charge in [0, 0.05) is 12.2 Å². The predicted molar refractivity (Wildman–Crippen MR) is 167 cm³/mol. The van der Waals surface area contributed by atoms with E-state index in [0.29, 0.717) is 17.8 Å². The van der Waals surface area contributed by atoms with E-state index in [4.69, 9.17) is 4.74 Å². The Labute approximate surface area is 244 Å². The molecule has 41 heavy (non-hydrogen) atoms. The number of hydrogen-bond donors (Lipinski definition) is 2. The van der Waals surface area contributed by atoms with Gasteiger partial charge in [0.2, 0.25) is 5.91 Å². The third kappa shape index (κ3) is 9.78. The Balaban J connectivity index is 1.93. The van der Waals surface area contributed by atoms with E-state index in [-0.39, 0.29) is 18.4 Å². The van der Waals surface area contributed by atoms with Crippen LogP contribution >= 0.6 is 0 Å². The Hall–Kier alpha value is -4.13. The average Bonchev–Trinajstić information content (AvgIpc) is 2.94. The summed E-state index contributed by atoms with van der Waals surface area (Å²) >= 11 is 0.